The molecule has 0 fully saturated rings. The summed E-state index contributed by atoms with van der Waals surface area (Å²) in [6.45, 7) is -0.120. The summed E-state index contributed by atoms with van der Waals surface area (Å²) in [7, 11) is -3.76. The van der Waals surface area contributed by atoms with Crippen LogP contribution in [0.3, 0.4) is 0 Å². The van der Waals surface area contributed by atoms with Crippen molar-refractivity contribution in [3.8, 4) is 0 Å². The lowest BCUT2D eigenvalue weighted by Crippen LogP contribution is -2.32. The quantitative estimate of drug-likeness (QED) is 0.844. The third-order valence-corrected chi connectivity index (χ3v) is 4.73. The fourth-order valence-electron chi connectivity index (χ4n) is 1.82. The molecular formula is C14H15NO5S. The lowest BCUT2D eigenvalue weighted by molar-refractivity contribution is -0.137. The van der Waals surface area contributed by atoms with Crippen LogP contribution in [0.5, 0.6) is 0 Å². The Hall–Kier alpha value is -2.12. The van der Waals surface area contributed by atoms with Gasteiger partial charge < -0.3 is 9.52 Å². The molecule has 0 aliphatic heterocycles. The van der Waals surface area contributed by atoms with Gasteiger partial charge in [-0.15, -0.1) is 0 Å². The van der Waals surface area contributed by atoms with Gasteiger partial charge in [0.1, 0.15) is 5.76 Å². The Kier molecular flexibility index (Phi) is 4.77. The molecule has 1 aromatic heterocycles. The Morgan fingerprint density at radius 3 is 2.43 bits per heavy atom. The Morgan fingerprint density at radius 1 is 1.14 bits per heavy atom. The van der Waals surface area contributed by atoms with Crippen LogP contribution in [0.4, 0.5) is 0 Å². The summed E-state index contributed by atoms with van der Waals surface area (Å²) in [4.78, 5) is 10.9. The maximum absolute atomic E-state index is 12.6. The van der Waals surface area contributed by atoms with E-state index in [2.05, 4.69) is 0 Å². The molecule has 112 valence electrons. The fraction of sp³-hybridized carbons (Fsp3) is 0.214. The van der Waals surface area contributed by atoms with Gasteiger partial charge in [0.15, 0.2) is 0 Å². The van der Waals surface area contributed by atoms with E-state index in [1.54, 1.807) is 30.3 Å². The zero-order valence-corrected chi connectivity index (χ0v) is 12.0. The predicted molar refractivity (Wildman–Crippen MR) is 75.0 cm³/mol. The molecule has 1 N–H and O–H groups in total. The first-order chi connectivity index (χ1) is 10.00. The molecule has 2 rings (SSSR count). The summed E-state index contributed by atoms with van der Waals surface area (Å²) in [5.41, 5.74) is 0. The minimum atomic E-state index is -3.76. The van der Waals surface area contributed by atoms with Crippen LogP contribution in [0.15, 0.2) is 58.0 Å². The van der Waals surface area contributed by atoms with Crippen LogP contribution in [0.2, 0.25) is 0 Å². The second kappa shape index (κ2) is 6.55. The third kappa shape index (κ3) is 3.93. The summed E-state index contributed by atoms with van der Waals surface area (Å²) in [6.07, 6.45) is 1.17. The van der Waals surface area contributed by atoms with Crippen LogP contribution in [-0.4, -0.2) is 30.3 Å². The predicted octanol–water partition coefficient (Wildman–Crippen LogP) is 1.95. The zero-order valence-electron chi connectivity index (χ0n) is 11.2. The number of sulfonamides is 1. The average Bonchev–Trinajstić information content (AvgIpc) is 2.97. The van der Waals surface area contributed by atoms with Gasteiger partial charge in [-0.2, -0.15) is 4.31 Å². The van der Waals surface area contributed by atoms with Gasteiger partial charge in [0, 0.05) is 6.54 Å². The summed E-state index contributed by atoms with van der Waals surface area (Å²) in [5, 5.41) is 8.78. The van der Waals surface area contributed by atoms with E-state index in [-0.39, 0.29) is 24.4 Å². The van der Waals surface area contributed by atoms with E-state index in [0.717, 1.165) is 4.31 Å². The van der Waals surface area contributed by atoms with Gasteiger partial charge in [-0.25, -0.2) is 8.42 Å². The summed E-state index contributed by atoms with van der Waals surface area (Å²) in [5.74, 6) is -0.595. The molecule has 0 saturated carbocycles. The highest BCUT2D eigenvalue weighted by Crippen LogP contribution is 2.18. The molecule has 0 atom stereocenters. The first kappa shape index (κ1) is 15.3. The molecule has 0 bridgehead atoms. The molecule has 21 heavy (non-hydrogen) atoms. The van der Waals surface area contributed by atoms with Crippen LogP contribution >= 0.6 is 0 Å². The minimum Gasteiger partial charge on any atom is -0.481 e. The molecule has 0 unspecified atom stereocenters. The van der Waals surface area contributed by atoms with E-state index in [1.807, 2.05) is 0 Å². The van der Waals surface area contributed by atoms with Crippen LogP contribution in [0.1, 0.15) is 12.2 Å². The first-order valence-corrected chi connectivity index (χ1v) is 7.73. The number of carboxylic acid groups (broad SMARTS) is 1. The van der Waals surface area contributed by atoms with Crippen LogP contribution < -0.4 is 0 Å². The molecule has 6 nitrogen and oxygen atoms in total. The molecule has 0 saturated heterocycles. The highest BCUT2D eigenvalue weighted by Gasteiger charge is 2.25. The number of rotatable bonds is 7. The molecule has 0 radical (unpaired) electrons. The number of carbonyl (C=O) groups is 1. The van der Waals surface area contributed by atoms with Crippen LogP contribution in [0.25, 0.3) is 0 Å². The number of hydrogen-bond acceptors (Lipinski definition) is 4. The third-order valence-electron chi connectivity index (χ3n) is 2.87. The van der Waals surface area contributed by atoms with E-state index in [9.17, 15) is 13.2 Å². The van der Waals surface area contributed by atoms with E-state index < -0.39 is 16.0 Å². The fourth-order valence-corrected chi connectivity index (χ4v) is 3.25. The van der Waals surface area contributed by atoms with Crippen molar-refractivity contribution in [1.29, 1.82) is 0 Å². The van der Waals surface area contributed by atoms with Crippen LogP contribution in [-0.2, 0) is 21.4 Å². The molecule has 0 aliphatic rings. The van der Waals surface area contributed by atoms with Crippen molar-refractivity contribution < 1.29 is 22.7 Å². The molecule has 1 heterocycles. The molecule has 2 aromatic rings. The first-order valence-electron chi connectivity index (χ1n) is 6.29. The number of aliphatic carboxylic acids is 1. The lowest BCUT2D eigenvalue weighted by Gasteiger charge is -2.20. The number of hydrogen-bond donors (Lipinski definition) is 1. The van der Waals surface area contributed by atoms with Crippen molar-refractivity contribution in [2.45, 2.75) is 17.9 Å². The number of nitrogens with zero attached hydrogens (tertiary/aromatic N) is 1. The van der Waals surface area contributed by atoms with Crippen molar-refractivity contribution in [2.24, 2.45) is 0 Å². The van der Waals surface area contributed by atoms with Gasteiger partial charge >= 0.3 is 5.97 Å². The topological polar surface area (TPSA) is 87.8 Å². The largest absolute Gasteiger partial charge is 0.481 e. The standard InChI is InChI=1S/C14H15NO5S/c16-14(17)8-9-15(11-12-5-4-10-20-12)21(18,19)13-6-2-1-3-7-13/h1-7,10H,8-9,11H2,(H,16,17). The van der Waals surface area contributed by atoms with E-state index in [0.29, 0.717) is 5.76 Å². The average molecular weight is 309 g/mol. The van der Waals surface area contributed by atoms with Crippen molar-refractivity contribution in [1.82, 2.24) is 4.31 Å². The van der Waals surface area contributed by atoms with Crippen molar-refractivity contribution in [2.75, 3.05) is 6.54 Å². The summed E-state index contributed by atoms with van der Waals surface area (Å²) in [6, 6.07) is 11.2. The normalized spacial score (nSPS) is 11.7. The lowest BCUT2D eigenvalue weighted by atomic mass is 10.4. The summed E-state index contributed by atoms with van der Waals surface area (Å²) >= 11 is 0. The van der Waals surface area contributed by atoms with Gasteiger partial charge in [-0.05, 0) is 24.3 Å². The van der Waals surface area contributed by atoms with Crippen molar-refractivity contribution in [3.63, 3.8) is 0 Å². The number of furan rings is 1. The van der Waals surface area contributed by atoms with E-state index in [4.69, 9.17) is 9.52 Å². The van der Waals surface area contributed by atoms with Crippen molar-refractivity contribution in [3.05, 3.63) is 54.5 Å². The number of carboxylic acids is 1. The SMILES string of the molecule is O=C(O)CCN(Cc1ccco1)S(=O)(=O)c1ccccc1. The Morgan fingerprint density at radius 2 is 1.86 bits per heavy atom. The zero-order chi connectivity index (χ0) is 15.3. The van der Waals surface area contributed by atoms with E-state index >= 15 is 0 Å². The van der Waals surface area contributed by atoms with Gasteiger partial charge in [-0.3, -0.25) is 4.79 Å². The Labute approximate surface area is 122 Å². The van der Waals surface area contributed by atoms with E-state index in [1.165, 1.54) is 18.4 Å². The number of benzene rings is 1. The minimum absolute atomic E-state index is 0.00247. The van der Waals surface area contributed by atoms with Gasteiger partial charge in [0.05, 0.1) is 24.1 Å². The van der Waals surface area contributed by atoms with Gasteiger partial charge in [0.2, 0.25) is 10.0 Å². The molecule has 0 aliphatic carbocycles. The smallest absolute Gasteiger partial charge is 0.304 e. The monoisotopic (exact) mass is 309 g/mol. The Balaban J connectivity index is 2.27. The molecule has 1 aromatic carbocycles. The van der Waals surface area contributed by atoms with Gasteiger partial charge in [0.25, 0.3) is 0 Å². The molecule has 0 spiro atoms. The van der Waals surface area contributed by atoms with Crippen LogP contribution in [0, 0.1) is 0 Å². The second-order valence-corrected chi connectivity index (χ2v) is 6.31. The Bertz CT molecular complexity index is 679. The van der Waals surface area contributed by atoms with Crippen molar-refractivity contribution >= 4 is 16.0 Å². The molecular weight excluding hydrogens is 294 g/mol. The maximum atomic E-state index is 12.6. The molecule has 0 amide bonds. The van der Waals surface area contributed by atoms with Gasteiger partial charge in [-0.1, -0.05) is 18.2 Å². The highest BCUT2D eigenvalue weighted by atomic mass is 32.2. The summed E-state index contributed by atoms with van der Waals surface area (Å²) < 4.78 is 31.4. The highest BCUT2D eigenvalue weighted by molar-refractivity contribution is 7.89. The second-order valence-electron chi connectivity index (χ2n) is 4.37. The molecule has 7 heteroatoms. The maximum Gasteiger partial charge on any atom is 0.304 e.